The van der Waals surface area contributed by atoms with Gasteiger partial charge < -0.3 is 10.2 Å². The molecule has 0 atom stereocenters. The van der Waals surface area contributed by atoms with E-state index in [9.17, 15) is 9.59 Å². The molecule has 5 heteroatoms. The summed E-state index contributed by atoms with van der Waals surface area (Å²) >= 11 is 3.73. The Kier molecular flexibility index (Phi) is 2.40. The number of thiol groups is 1. The lowest BCUT2D eigenvalue weighted by molar-refractivity contribution is -0.115. The van der Waals surface area contributed by atoms with Gasteiger partial charge >= 0.3 is 0 Å². The molecule has 2 rings (SSSR count). The van der Waals surface area contributed by atoms with Crippen LogP contribution in [-0.2, 0) is 11.2 Å². The molecule has 1 aliphatic rings. The molecule has 78 valence electrons. The number of nitrogens with zero attached hydrogens (tertiary/aromatic N) is 1. The van der Waals surface area contributed by atoms with Gasteiger partial charge in [0.2, 0.25) is 5.91 Å². The Morgan fingerprint density at radius 3 is 2.93 bits per heavy atom. The molecule has 0 saturated heterocycles. The molecule has 1 heterocycles. The average molecular weight is 222 g/mol. The molecule has 15 heavy (non-hydrogen) atoms. The van der Waals surface area contributed by atoms with Crippen molar-refractivity contribution >= 4 is 35.1 Å². The molecule has 0 saturated carbocycles. The van der Waals surface area contributed by atoms with Gasteiger partial charge in [-0.15, -0.1) is 0 Å². The van der Waals surface area contributed by atoms with E-state index in [1.54, 1.807) is 19.2 Å². The van der Waals surface area contributed by atoms with Crippen LogP contribution in [-0.4, -0.2) is 18.2 Å². The maximum absolute atomic E-state index is 11.1. The van der Waals surface area contributed by atoms with E-state index in [2.05, 4.69) is 17.9 Å². The number of nitrogens with one attached hydrogen (secondary N) is 1. The smallest absolute Gasteiger partial charge is 0.282 e. The lowest BCUT2D eigenvalue weighted by Crippen LogP contribution is -2.19. The molecule has 1 aromatic rings. The van der Waals surface area contributed by atoms with Gasteiger partial charge in [-0.25, -0.2) is 0 Å². The quantitative estimate of drug-likeness (QED) is 0.710. The number of rotatable bonds is 1. The van der Waals surface area contributed by atoms with Crippen LogP contribution in [0.15, 0.2) is 18.2 Å². The first kappa shape index (κ1) is 10.0. The van der Waals surface area contributed by atoms with E-state index in [1.807, 2.05) is 6.07 Å². The number of hydrogen-bond acceptors (Lipinski definition) is 2. The molecule has 0 spiro atoms. The van der Waals surface area contributed by atoms with Crippen molar-refractivity contribution in [1.82, 2.24) is 0 Å². The second-order valence-corrected chi connectivity index (χ2v) is 3.79. The van der Waals surface area contributed by atoms with Gasteiger partial charge in [0.1, 0.15) is 0 Å². The van der Waals surface area contributed by atoms with Gasteiger partial charge in [0.05, 0.1) is 6.42 Å². The van der Waals surface area contributed by atoms with Crippen LogP contribution in [0.1, 0.15) is 5.56 Å². The summed E-state index contributed by atoms with van der Waals surface area (Å²) in [5.41, 5.74) is 2.48. The van der Waals surface area contributed by atoms with Crippen molar-refractivity contribution in [1.29, 1.82) is 0 Å². The third-order valence-corrected chi connectivity index (χ3v) is 2.69. The van der Waals surface area contributed by atoms with E-state index in [0.717, 1.165) is 16.9 Å². The van der Waals surface area contributed by atoms with E-state index in [4.69, 9.17) is 0 Å². The molecular formula is C10H10N2O2S. The zero-order valence-corrected chi connectivity index (χ0v) is 9.04. The normalized spacial score (nSPS) is 13.3. The predicted octanol–water partition coefficient (Wildman–Crippen LogP) is 1.67. The van der Waals surface area contributed by atoms with Gasteiger partial charge in [0, 0.05) is 18.4 Å². The molecule has 0 bridgehead atoms. The molecule has 0 aromatic heterocycles. The Hall–Kier alpha value is -1.49. The van der Waals surface area contributed by atoms with Crippen LogP contribution in [0.3, 0.4) is 0 Å². The van der Waals surface area contributed by atoms with Crippen molar-refractivity contribution < 1.29 is 9.59 Å². The monoisotopic (exact) mass is 222 g/mol. The van der Waals surface area contributed by atoms with Gasteiger partial charge in [-0.05, 0) is 23.8 Å². The Morgan fingerprint density at radius 2 is 2.27 bits per heavy atom. The number of carbonyl (C=O) groups is 2. The predicted molar refractivity (Wildman–Crippen MR) is 61.6 cm³/mol. The molecule has 4 nitrogen and oxygen atoms in total. The van der Waals surface area contributed by atoms with Crippen LogP contribution in [0.5, 0.6) is 0 Å². The second-order valence-electron chi connectivity index (χ2n) is 3.41. The first-order valence-electron chi connectivity index (χ1n) is 4.47. The van der Waals surface area contributed by atoms with Crippen LogP contribution in [0.25, 0.3) is 0 Å². The topological polar surface area (TPSA) is 49.4 Å². The summed E-state index contributed by atoms with van der Waals surface area (Å²) in [5, 5.41) is 2.40. The lowest BCUT2D eigenvalue weighted by atomic mass is 10.1. The van der Waals surface area contributed by atoms with Crippen LogP contribution in [0.2, 0.25) is 0 Å². The first-order valence-corrected chi connectivity index (χ1v) is 4.92. The van der Waals surface area contributed by atoms with E-state index in [1.165, 1.54) is 4.90 Å². The molecule has 0 aliphatic carbocycles. The standard InChI is InChI=1S/C10H10N2O2S/c1-12(10(14)15)7-2-3-8-6(4-7)5-9(13)11-8/h2-4H,5H2,1H3,(H,11,13)(H,14,15). The van der Waals surface area contributed by atoms with Gasteiger partial charge in [0.25, 0.3) is 5.24 Å². The number of benzene rings is 1. The summed E-state index contributed by atoms with van der Waals surface area (Å²) in [7, 11) is 1.64. The number of anilines is 2. The largest absolute Gasteiger partial charge is 0.326 e. The second kappa shape index (κ2) is 3.58. The van der Waals surface area contributed by atoms with E-state index >= 15 is 0 Å². The van der Waals surface area contributed by atoms with E-state index in [-0.39, 0.29) is 11.1 Å². The number of fused-ring (bicyclic) bond motifs is 1. The van der Waals surface area contributed by atoms with Crippen molar-refractivity contribution in [3.05, 3.63) is 23.8 Å². The highest BCUT2D eigenvalue weighted by molar-refractivity contribution is 7.96. The van der Waals surface area contributed by atoms with Gasteiger partial charge in [-0.3, -0.25) is 9.59 Å². The Bertz CT molecular complexity index is 445. The highest BCUT2D eigenvalue weighted by Crippen LogP contribution is 2.27. The van der Waals surface area contributed by atoms with Crippen molar-refractivity contribution in [3.8, 4) is 0 Å². The maximum atomic E-state index is 11.1. The molecule has 2 amide bonds. The summed E-state index contributed by atoms with van der Waals surface area (Å²) in [6, 6.07) is 5.39. The highest BCUT2D eigenvalue weighted by atomic mass is 32.1. The molecule has 0 unspecified atom stereocenters. The van der Waals surface area contributed by atoms with Gasteiger partial charge in [-0.2, -0.15) is 0 Å². The zero-order valence-electron chi connectivity index (χ0n) is 8.15. The Morgan fingerprint density at radius 1 is 1.53 bits per heavy atom. The fourth-order valence-corrected chi connectivity index (χ4v) is 1.65. The maximum Gasteiger partial charge on any atom is 0.282 e. The summed E-state index contributed by atoms with van der Waals surface area (Å²) < 4.78 is 0. The third-order valence-electron chi connectivity index (χ3n) is 2.39. The Balaban J connectivity index is 2.35. The van der Waals surface area contributed by atoms with Crippen molar-refractivity contribution in [2.45, 2.75) is 6.42 Å². The number of hydrogen-bond donors (Lipinski definition) is 2. The van der Waals surface area contributed by atoms with Crippen molar-refractivity contribution in [2.24, 2.45) is 0 Å². The minimum absolute atomic E-state index is 0.0120. The van der Waals surface area contributed by atoms with Crippen LogP contribution >= 0.6 is 12.6 Å². The fraction of sp³-hybridized carbons (Fsp3) is 0.200. The molecular weight excluding hydrogens is 212 g/mol. The van der Waals surface area contributed by atoms with Gasteiger partial charge in [-0.1, -0.05) is 12.6 Å². The molecule has 0 fully saturated rings. The summed E-state index contributed by atoms with van der Waals surface area (Å²) in [6.45, 7) is 0. The van der Waals surface area contributed by atoms with Crippen LogP contribution < -0.4 is 10.2 Å². The summed E-state index contributed by atoms with van der Waals surface area (Å²) in [5.74, 6) is -0.0120. The summed E-state index contributed by atoms with van der Waals surface area (Å²) in [4.78, 5) is 23.5. The SMILES string of the molecule is CN(C(=O)S)c1ccc2c(c1)CC(=O)N2. The minimum atomic E-state index is -0.327. The molecule has 1 aromatic carbocycles. The zero-order chi connectivity index (χ0) is 11.0. The van der Waals surface area contributed by atoms with Gasteiger partial charge in [0.15, 0.2) is 0 Å². The molecule has 1 aliphatic heterocycles. The van der Waals surface area contributed by atoms with Crippen molar-refractivity contribution in [3.63, 3.8) is 0 Å². The third kappa shape index (κ3) is 1.83. The fourth-order valence-electron chi connectivity index (χ4n) is 1.53. The highest BCUT2D eigenvalue weighted by Gasteiger charge is 2.18. The van der Waals surface area contributed by atoms with Crippen molar-refractivity contribution in [2.75, 3.05) is 17.3 Å². The minimum Gasteiger partial charge on any atom is -0.326 e. The van der Waals surface area contributed by atoms with E-state index in [0.29, 0.717) is 6.42 Å². The molecule has 1 N–H and O–H groups in total. The van der Waals surface area contributed by atoms with Crippen LogP contribution in [0, 0.1) is 0 Å². The lowest BCUT2D eigenvalue weighted by Gasteiger charge is -2.14. The average Bonchev–Trinajstić information content (AvgIpc) is 2.55. The number of amides is 2. The first-order chi connectivity index (χ1) is 7.08. The summed E-state index contributed by atoms with van der Waals surface area (Å²) in [6.07, 6.45) is 0.373. The number of carbonyl (C=O) groups excluding carboxylic acids is 2. The van der Waals surface area contributed by atoms with Crippen LogP contribution in [0.4, 0.5) is 16.2 Å². The van der Waals surface area contributed by atoms with E-state index < -0.39 is 0 Å². The Labute approximate surface area is 92.7 Å². The molecule has 0 radical (unpaired) electrons.